The minimum Gasteiger partial charge on any atom is -0.336 e. The molecule has 0 radical (unpaired) electrons. The SMILES string of the molecule is C=C=CC1(N)N=CN=CN1. The molecule has 0 saturated carbocycles. The Balaban J connectivity index is 2.79. The van der Waals surface area contributed by atoms with Gasteiger partial charge in [-0.3, -0.25) is 5.73 Å². The second-order valence-electron chi connectivity index (χ2n) is 1.84. The van der Waals surface area contributed by atoms with Crippen LogP contribution in [-0.4, -0.2) is 18.5 Å². The van der Waals surface area contributed by atoms with Gasteiger partial charge >= 0.3 is 0 Å². The molecule has 1 heterocycles. The summed E-state index contributed by atoms with van der Waals surface area (Å²) in [5, 5.41) is 2.73. The Morgan fingerprint density at radius 1 is 1.80 bits per heavy atom. The van der Waals surface area contributed by atoms with E-state index < -0.39 is 5.79 Å². The first-order chi connectivity index (χ1) is 4.77. The third-order valence-electron chi connectivity index (χ3n) is 1.03. The van der Waals surface area contributed by atoms with Gasteiger partial charge in [-0.1, -0.05) is 6.58 Å². The molecular weight excluding hydrogens is 128 g/mol. The second kappa shape index (κ2) is 2.47. The molecule has 4 heteroatoms. The quantitative estimate of drug-likeness (QED) is 0.482. The average Bonchev–Trinajstić information content (AvgIpc) is 1.89. The fraction of sp³-hybridized carbons (Fsp3) is 0.167. The molecule has 1 aliphatic heterocycles. The van der Waals surface area contributed by atoms with Gasteiger partial charge in [0.2, 0.25) is 5.79 Å². The molecule has 1 unspecified atom stereocenters. The van der Waals surface area contributed by atoms with Crippen LogP contribution in [0, 0.1) is 0 Å². The van der Waals surface area contributed by atoms with Crippen molar-refractivity contribution >= 4 is 12.7 Å². The Labute approximate surface area is 58.9 Å². The molecule has 10 heavy (non-hydrogen) atoms. The number of rotatable bonds is 1. The molecule has 0 aromatic rings. The van der Waals surface area contributed by atoms with Crippen LogP contribution in [0.5, 0.6) is 0 Å². The highest BCUT2D eigenvalue weighted by atomic mass is 15.3. The Bertz CT molecular complexity index is 224. The van der Waals surface area contributed by atoms with Crippen LogP contribution in [0.2, 0.25) is 0 Å². The van der Waals surface area contributed by atoms with Crippen LogP contribution in [0.4, 0.5) is 0 Å². The van der Waals surface area contributed by atoms with Crippen molar-refractivity contribution in [3.05, 3.63) is 18.4 Å². The zero-order valence-corrected chi connectivity index (χ0v) is 5.41. The summed E-state index contributed by atoms with van der Waals surface area (Å²) >= 11 is 0. The zero-order chi connectivity index (χ0) is 7.45. The molecule has 1 rings (SSSR count). The maximum atomic E-state index is 5.61. The van der Waals surface area contributed by atoms with E-state index in [1.165, 1.54) is 18.8 Å². The predicted octanol–water partition coefficient (Wildman–Crippen LogP) is -0.400. The van der Waals surface area contributed by atoms with Gasteiger partial charge in [0.05, 0.1) is 6.34 Å². The van der Waals surface area contributed by atoms with Crippen molar-refractivity contribution in [2.24, 2.45) is 15.7 Å². The summed E-state index contributed by atoms with van der Waals surface area (Å²) in [5.74, 6) is -0.899. The smallest absolute Gasteiger partial charge is 0.212 e. The van der Waals surface area contributed by atoms with E-state index in [9.17, 15) is 0 Å². The standard InChI is InChI=1S/C6H8N4/c1-2-3-6(7)9-4-8-5-10-6/h3-5H,1,7H2,(H,8,9,10). The Hall–Kier alpha value is -1.38. The van der Waals surface area contributed by atoms with Crippen LogP contribution >= 0.6 is 0 Å². The molecule has 4 nitrogen and oxygen atoms in total. The number of hydrogen-bond donors (Lipinski definition) is 2. The second-order valence-corrected chi connectivity index (χ2v) is 1.84. The highest BCUT2D eigenvalue weighted by molar-refractivity contribution is 5.74. The first kappa shape index (κ1) is 6.74. The molecule has 0 saturated heterocycles. The lowest BCUT2D eigenvalue weighted by Crippen LogP contribution is -2.50. The maximum absolute atomic E-state index is 5.61. The van der Waals surface area contributed by atoms with E-state index in [1.54, 1.807) is 0 Å². The molecule has 1 atom stereocenters. The fourth-order valence-corrected chi connectivity index (χ4v) is 0.575. The van der Waals surface area contributed by atoms with Gasteiger partial charge in [0.25, 0.3) is 0 Å². The van der Waals surface area contributed by atoms with E-state index in [-0.39, 0.29) is 0 Å². The van der Waals surface area contributed by atoms with Crippen molar-refractivity contribution in [3.8, 4) is 0 Å². The van der Waals surface area contributed by atoms with E-state index in [4.69, 9.17) is 5.73 Å². The lowest BCUT2D eigenvalue weighted by molar-refractivity contribution is 0.522. The summed E-state index contributed by atoms with van der Waals surface area (Å²) in [6.45, 7) is 3.38. The molecule has 0 aliphatic carbocycles. The lowest BCUT2D eigenvalue weighted by atomic mass is 10.3. The van der Waals surface area contributed by atoms with Gasteiger partial charge in [-0.05, 0) is 0 Å². The van der Waals surface area contributed by atoms with E-state index in [0.717, 1.165) is 0 Å². The Morgan fingerprint density at radius 2 is 2.60 bits per heavy atom. The summed E-state index contributed by atoms with van der Waals surface area (Å²) in [5.41, 5.74) is 8.15. The van der Waals surface area contributed by atoms with Gasteiger partial charge in [-0.2, -0.15) is 0 Å². The van der Waals surface area contributed by atoms with Gasteiger partial charge < -0.3 is 5.32 Å². The van der Waals surface area contributed by atoms with Gasteiger partial charge in [0.1, 0.15) is 6.34 Å². The van der Waals surface area contributed by atoms with Crippen molar-refractivity contribution in [2.75, 3.05) is 0 Å². The van der Waals surface area contributed by atoms with Gasteiger partial charge in [0.15, 0.2) is 0 Å². The molecule has 0 aromatic heterocycles. The van der Waals surface area contributed by atoms with Crippen molar-refractivity contribution in [2.45, 2.75) is 5.79 Å². The van der Waals surface area contributed by atoms with Crippen LogP contribution in [0.15, 0.2) is 28.4 Å². The minimum atomic E-state index is -0.899. The molecule has 0 aromatic carbocycles. The van der Waals surface area contributed by atoms with Crippen LogP contribution in [0.3, 0.4) is 0 Å². The van der Waals surface area contributed by atoms with Crippen molar-refractivity contribution in [1.29, 1.82) is 0 Å². The summed E-state index contributed by atoms with van der Waals surface area (Å²) in [7, 11) is 0. The van der Waals surface area contributed by atoms with Crippen molar-refractivity contribution in [3.63, 3.8) is 0 Å². The molecule has 0 bridgehead atoms. The largest absolute Gasteiger partial charge is 0.336 e. The number of nitrogens with zero attached hydrogens (tertiary/aromatic N) is 2. The first-order valence-electron chi connectivity index (χ1n) is 2.76. The molecule has 0 spiro atoms. The number of aliphatic imine (C=N–C) groups is 2. The summed E-state index contributed by atoms with van der Waals surface area (Å²) in [6.07, 6.45) is 4.37. The van der Waals surface area contributed by atoms with E-state index in [1.807, 2.05) is 0 Å². The van der Waals surface area contributed by atoms with Crippen LogP contribution in [0.25, 0.3) is 0 Å². The number of hydrogen-bond acceptors (Lipinski definition) is 4. The summed E-state index contributed by atoms with van der Waals surface area (Å²) < 4.78 is 0. The van der Waals surface area contributed by atoms with Crippen molar-refractivity contribution < 1.29 is 0 Å². The highest BCUT2D eigenvalue weighted by Gasteiger charge is 2.17. The molecule has 0 fully saturated rings. The third kappa shape index (κ3) is 1.31. The molecule has 3 N–H and O–H groups in total. The van der Waals surface area contributed by atoms with Gasteiger partial charge in [-0.15, -0.1) is 5.73 Å². The monoisotopic (exact) mass is 136 g/mol. The lowest BCUT2D eigenvalue weighted by Gasteiger charge is -2.21. The van der Waals surface area contributed by atoms with Crippen LogP contribution < -0.4 is 11.1 Å². The topological polar surface area (TPSA) is 62.8 Å². The van der Waals surface area contributed by atoms with Crippen LogP contribution in [-0.2, 0) is 0 Å². The molecule has 1 aliphatic rings. The highest BCUT2D eigenvalue weighted by Crippen LogP contribution is 1.99. The first-order valence-corrected chi connectivity index (χ1v) is 2.76. The Morgan fingerprint density at radius 3 is 3.10 bits per heavy atom. The average molecular weight is 136 g/mol. The summed E-state index contributed by atoms with van der Waals surface area (Å²) in [4.78, 5) is 7.52. The molecule has 52 valence electrons. The molecular formula is C6H8N4. The minimum absolute atomic E-state index is 0.899. The zero-order valence-electron chi connectivity index (χ0n) is 5.41. The van der Waals surface area contributed by atoms with E-state index in [0.29, 0.717) is 0 Å². The number of nitrogens with one attached hydrogen (secondary N) is 1. The summed E-state index contributed by atoms with van der Waals surface area (Å²) in [6, 6.07) is 0. The predicted molar refractivity (Wildman–Crippen MR) is 40.7 cm³/mol. The third-order valence-corrected chi connectivity index (χ3v) is 1.03. The van der Waals surface area contributed by atoms with Crippen molar-refractivity contribution in [1.82, 2.24) is 5.32 Å². The normalized spacial score (nSPS) is 28.9. The maximum Gasteiger partial charge on any atom is 0.212 e. The van der Waals surface area contributed by atoms with E-state index in [2.05, 4.69) is 27.6 Å². The molecule has 0 amide bonds. The fourth-order valence-electron chi connectivity index (χ4n) is 0.575. The number of nitrogens with two attached hydrogens (primary N) is 1. The van der Waals surface area contributed by atoms with E-state index >= 15 is 0 Å². The Kier molecular flexibility index (Phi) is 1.67. The van der Waals surface area contributed by atoms with Crippen LogP contribution in [0.1, 0.15) is 0 Å². The van der Waals surface area contributed by atoms with Gasteiger partial charge in [-0.25, -0.2) is 9.98 Å². The van der Waals surface area contributed by atoms with Gasteiger partial charge in [0, 0.05) is 6.08 Å².